The fraction of sp³-hybridized carbons (Fsp3) is 0.333. The van der Waals surface area contributed by atoms with Crippen LogP contribution in [0.5, 0.6) is 0 Å². The number of nitrogens with zero attached hydrogens (tertiary/aromatic N) is 2. The first-order chi connectivity index (χ1) is 9.32. The molecule has 0 aliphatic heterocycles. The van der Waals surface area contributed by atoms with Crippen LogP contribution < -0.4 is 5.73 Å². The van der Waals surface area contributed by atoms with Gasteiger partial charge in [-0.2, -0.15) is 18.2 Å². The van der Waals surface area contributed by atoms with Gasteiger partial charge in [0.1, 0.15) is 0 Å². The minimum absolute atomic E-state index is 0.149. The molecule has 0 saturated heterocycles. The Morgan fingerprint density at radius 3 is 2.70 bits per heavy atom. The second kappa shape index (κ2) is 5.53. The Morgan fingerprint density at radius 1 is 1.40 bits per heavy atom. The van der Waals surface area contributed by atoms with Gasteiger partial charge < -0.3 is 10.3 Å². The van der Waals surface area contributed by atoms with E-state index in [4.69, 9.17) is 10.3 Å². The van der Waals surface area contributed by atoms with Crippen molar-refractivity contribution in [3.63, 3.8) is 0 Å². The normalized spacial score (nSPS) is 13.5. The summed E-state index contributed by atoms with van der Waals surface area (Å²) >= 11 is 3.02. The molecule has 20 heavy (non-hydrogen) atoms. The highest BCUT2D eigenvalue weighted by Crippen LogP contribution is 2.38. The van der Waals surface area contributed by atoms with E-state index >= 15 is 0 Å². The number of halogens is 4. The summed E-state index contributed by atoms with van der Waals surface area (Å²) in [5.74, 6) is -0.0593. The lowest BCUT2D eigenvalue weighted by Gasteiger charge is -2.10. The molecule has 108 valence electrons. The molecule has 0 fully saturated rings. The Hall–Kier alpha value is -1.41. The molecule has 8 heteroatoms. The van der Waals surface area contributed by atoms with Crippen molar-refractivity contribution in [2.45, 2.75) is 19.0 Å². The first-order valence-corrected chi connectivity index (χ1v) is 6.53. The number of alkyl halides is 3. The first-order valence-electron chi connectivity index (χ1n) is 5.73. The molecule has 1 atom stereocenters. The molecule has 1 unspecified atom stereocenters. The van der Waals surface area contributed by atoms with E-state index in [1.807, 2.05) is 0 Å². The SMILES string of the molecule is CC(CN)c1noc(-c2ccc(Br)cc2C(F)(F)F)n1. The van der Waals surface area contributed by atoms with Crippen LogP contribution in [0.3, 0.4) is 0 Å². The minimum Gasteiger partial charge on any atom is -0.334 e. The smallest absolute Gasteiger partial charge is 0.334 e. The van der Waals surface area contributed by atoms with E-state index in [1.54, 1.807) is 6.92 Å². The second-order valence-electron chi connectivity index (χ2n) is 4.28. The summed E-state index contributed by atoms with van der Waals surface area (Å²) in [6.45, 7) is 2.05. The van der Waals surface area contributed by atoms with Crippen LogP contribution in [0.2, 0.25) is 0 Å². The molecule has 1 aromatic heterocycles. The van der Waals surface area contributed by atoms with E-state index < -0.39 is 11.7 Å². The molecule has 2 rings (SSSR count). The molecular weight excluding hydrogens is 339 g/mol. The molecule has 0 spiro atoms. The lowest BCUT2D eigenvalue weighted by Crippen LogP contribution is -2.10. The summed E-state index contributed by atoms with van der Waals surface area (Å²) in [4.78, 5) is 3.98. The van der Waals surface area contributed by atoms with Crippen molar-refractivity contribution >= 4 is 15.9 Å². The van der Waals surface area contributed by atoms with Crippen molar-refractivity contribution in [3.05, 3.63) is 34.1 Å². The molecule has 0 aliphatic rings. The lowest BCUT2D eigenvalue weighted by molar-refractivity contribution is -0.137. The van der Waals surface area contributed by atoms with Gasteiger partial charge in [0.05, 0.1) is 11.1 Å². The van der Waals surface area contributed by atoms with Gasteiger partial charge in [0.25, 0.3) is 5.89 Å². The zero-order valence-electron chi connectivity index (χ0n) is 10.4. The monoisotopic (exact) mass is 349 g/mol. The Morgan fingerprint density at radius 2 is 2.10 bits per heavy atom. The molecular formula is C12H11BrF3N3O. The van der Waals surface area contributed by atoms with Gasteiger partial charge >= 0.3 is 6.18 Å². The Labute approximate surface area is 121 Å². The Kier molecular flexibility index (Phi) is 4.14. The van der Waals surface area contributed by atoms with Crippen molar-refractivity contribution in [2.75, 3.05) is 6.54 Å². The number of benzene rings is 1. The number of hydrogen-bond acceptors (Lipinski definition) is 4. The quantitative estimate of drug-likeness (QED) is 0.919. The van der Waals surface area contributed by atoms with Crippen LogP contribution in [0.4, 0.5) is 13.2 Å². The average molecular weight is 350 g/mol. The number of nitrogens with two attached hydrogens (primary N) is 1. The van der Waals surface area contributed by atoms with Gasteiger partial charge in [-0.25, -0.2) is 0 Å². The van der Waals surface area contributed by atoms with Crippen LogP contribution in [-0.4, -0.2) is 16.7 Å². The molecule has 0 amide bonds. The molecule has 1 aromatic carbocycles. The van der Waals surface area contributed by atoms with Gasteiger partial charge in [-0.05, 0) is 18.2 Å². The van der Waals surface area contributed by atoms with Crippen molar-refractivity contribution < 1.29 is 17.7 Å². The summed E-state index contributed by atoms with van der Waals surface area (Å²) in [5.41, 5.74) is 4.48. The van der Waals surface area contributed by atoms with Crippen LogP contribution in [0.1, 0.15) is 24.2 Å². The fourth-order valence-corrected chi connectivity index (χ4v) is 1.95. The highest BCUT2D eigenvalue weighted by atomic mass is 79.9. The standard InChI is InChI=1S/C12H11BrF3N3O/c1-6(5-17)10-18-11(20-19-10)8-3-2-7(13)4-9(8)12(14,15)16/h2-4,6H,5,17H2,1H3. The highest BCUT2D eigenvalue weighted by Gasteiger charge is 2.35. The zero-order chi connectivity index (χ0) is 14.9. The van der Waals surface area contributed by atoms with Crippen molar-refractivity contribution in [3.8, 4) is 11.5 Å². The minimum atomic E-state index is -4.51. The maximum atomic E-state index is 13.0. The third kappa shape index (κ3) is 3.01. The van der Waals surface area contributed by atoms with E-state index in [0.29, 0.717) is 10.3 Å². The number of aromatic nitrogens is 2. The van der Waals surface area contributed by atoms with Crippen molar-refractivity contribution in [1.29, 1.82) is 0 Å². The van der Waals surface area contributed by atoms with E-state index in [9.17, 15) is 13.2 Å². The van der Waals surface area contributed by atoms with Gasteiger partial charge in [-0.1, -0.05) is 28.0 Å². The first kappa shape index (κ1) is 15.0. The zero-order valence-corrected chi connectivity index (χ0v) is 12.0. The van der Waals surface area contributed by atoms with Gasteiger partial charge in [0.15, 0.2) is 5.82 Å². The number of rotatable bonds is 3. The topological polar surface area (TPSA) is 64.9 Å². The maximum absolute atomic E-state index is 13.0. The number of hydrogen-bond donors (Lipinski definition) is 1. The van der Waals surface area contributed by atoms with Crippen LogP contribution in [-0.2, 0) is 6.18 Å². The molecule has 0 saturated carbocycles. The summed E-state index contributed by atoms with van der Waals surface area (Å²) < 4.78 is 44.3. The van der Waals surface area contributed by atoms with Gasteiger partial charge in [-0.15, -0.1) is 0 Å². The largest absolute Gasteiger partial charge is 0.417 e. The molecule has 2 aromatic rings. The van der Waals surface area contributed by atoms with Crippen LogP contribution in [0.15, 0.2) is 27.2 Å². The summed E-state index contributed by atoms with van der Waals surface area (Å²) in [5, 5.41) is 3.66. The molecule has 0 bridgehead atoms. The third-order valence-corrected chi connectivity index (χ3v) is 3.25. The fourth-order valence-electron chi connectivity index (χ4n) is 1.59. The van der Waals surface area contributed by atoms with Gasteiger partial charge in [0, 0.05) is 16.9 Å². The van der Waals surface area contributed by atoms with E-state index in [2.05, 4.69) is 26.1 Å². The van der Waals surface area contributed by atoms with E-state index in [-0.39, 0.29) is 23.9 Å². The van der Waals surface area contributed by atoms with E-state index in [1.165, 1.54) is 12.1 Å². The lowest BCUT2D eigenvalue weighted by atomic mass is 10.1. The Bertz CT molecular complexity index is 612. The van der Waals surface area contributed by atoms with Gasteiger partial charge in [0.2, 0.25) is 0 Å². The molecule has 2 N–H and O–H groups in total. The van der Waals surface area contributed by atoms with Gasteiger partial charge in [-0.3, -0.25) is 0 Å². The maximum Gasteiger partial charge on any atom is 0.417 e. The summed E-state index contributed by atoms with van der Waals surface area (Å²) in [6.07, 6.45) is -4.51. The molecule has 0 aliphatic carbocycles. The van der Waals surface area contributed by atoms with Crippen molar-refractivity contribution in [2.24, 2.45) is 5.73 Å². The highest BCUT2D eigenvalue weighted by molar-refractivity contribution is 9.10. The predicted molar refractivity (Wildman–Crippen MR) is 69.9 cm³/mol. The Balaban J connectivity index is 2.50. The molecule has 0 radical (unpaired) electrons. The predicted octanol–water partition coefficient (Wildman–Crippen LogP) is 3.58. The average Bonchev–Trinajstić information content (AvgIpc) is 2.86. The van der Waals surface area contributed by atoms with Crippen LogP contribution >= 0.6 is 15.9 Å². The van der Waals surface area contributed by atoms with Crippen LogP contribution in [0.25, 0.3) is 11.5 Å². The molecule has 1 heterocycles. The molecule has 4 nitrogen and oxygen atoms in total. The van der Waals surface area contributed by atoms with E-state index in [0.717, 1.165) is 6.07 Å². The van der Waals surface area contributed by atoms with Crippen LogP contribution in [0, 0.1) is 0 Å². The van der Waals surface area contributed by atoms with Crippen molar-refractivity contribution in [1.82, 2.24) is 10.1 Å². The summed E-state index contributed by atoms with van der Waals surface area (Å²) in [7, 11) is 0. The summed E-state index contributed by atoms with van der Waals surface area (Å²) in [6, 6.07) is 3.75. The third-order valence-electron chi connectivity index (χ3n) is 2.75. The second-order valence-corrected chi connectivity index (χ2v) is 5.20.